The van der Waals surface area contributed by atoms with Crippen molar-refractivity contribution in [2.45, 2.75) is 6.92 Å². The second-order valence-electron chi connectivity index (χ2n) is 5.60. The van der Waals surface area contributed by atoms with Gasteiger partial charge in [0.25, 0.3) is 11.6 Å². The first-order valence-corrected chi connectivity index (χ1v) is 8.06. The van der Waals surface area contributed by atoms with Gasteiger partial charge in [-0.3, -0.25) is 14.9 Å². The van der Waals surface area contributed by atoms with E-state index in [1.165, 1.54) is 18.2 Å². The normalized spacial score (nSPS) is 11.3. The minimum absolute atomic E-state index is 0.0918. The molecule has 0 aliphatic carbocycles. The van der Waals surface area contributed by atoms with Crippen LogP contribution in [-0.2, 0) is 0 Å². The lowest BCUT2D eigenvalue weighted by molar-refractivity contribution is -0.385. The van der Waals surface area contributed by atoms with Gasteiger partial charge in [-0.05, 0) is 25.1 Å². The van der Waals surface area contributed by atoms with Crippen molar-refractivity contribution >= 4 is 11.6 Å². The molecule has 3 rings (SSSR count). The molecule has 1 amide bonds. The summed E-state index contributed by atoms with van der Waals surface area (Å²) in [4.78, 5) is 22.5. The van der Waals surface area contributed by atoms with Crippen LogP contribution in [0.4, 0.5) is 5.69 Å². The van der Waals surface area contributed by atoms with E-state index in [-0.39, 0.29) is 31.2 Å². The Hall–Kier alpha value is -3.73. The fourth-order valence-corrected chi connectivity index (χ4v) is 2.37. The fraction of sp³-hybridized carbons (Fsp3) is 0.211. The third kappa shape index (κ3) is 4.46. The van der Waals surface area contributed by atoms with Crippen molar-refractivity contribution in [2.24, 2.45) is 0 Å². The molecule has 0 atom stereocenters. The van der Waals surface area contributed by atoms with Gasteiger partial charge in [0.15, 0.2) is 11.5 Å². The van der Waals surface area contributed by atoms with E-state index < -0.39 is 10.8 Å². The molecule has 0 aromatic heterocycles. The highest BCUT2D eigenvalue weighted by Gasteiger charge is 2.15. The topological polar surface area (TPSA) is 99.9 Å². The SMILES string of the molecule is Cc1ccc(C(=O)NCC#CCOc2ccc3c(c2)OCO3)cc1[N+](=O)[O-]. The maximum atomic E-state index is 12.0. The Morgan fingerprint density at radius 2 is 2.04 bits per heavy atom. The van der Waals surface area contributed by atoms with E-state index >= 15 is 0 Å². The highest BCUT2D eigenvalue weighted by atomic mass is 16.7. The molecule has 8 nitrogen and oxygen atoms in total. The van der Waals surface area contributed by atoms with Crippen molar-refractivity contribution in [1.29, 1.82) is 0 Å². The number of carbonyl (C=O) groups is 1. The van der Waals surface area contributed by atoms with E-state index in [9.17, 15) is 14.9 Å². The van der Waals surface area contributed by atoms with Gasteiger partial charge in [0.1, 0.15) is 12.4 Å². The standard InChI is InChI=1S/C19H16N2O6/c1-13-4-5-14(10-16(13)21(23)24)19(22)20-8-2-3-9-25-15-6-7-17-18(11-15)27-12-26-17/h4-7,10-11H,8-9,12H2,1H3,(H,20,22). The lowest BCUT2D eigenvalue weighted by Crippen LogP contribution is -2.23. The zero-order chi connectivity index (χ0) is 19.2. The van der Waals surface area contributed by atoms with Crippen molar-refractivity contribution in [3.05, 3.63) is 57.6 Å². The Kier molecular flexibility index (Phi) is 5.42. The number of aryl methyl sites for hydroxylation is 1. The van der Waals surface area contributed by atoms with Gasteiger partial charge in [0, 0.05) is 23.3 Å². The van der Waals surface area contributed by atoms with Gasteiger partial charge in [-0.25, -0.2) is 0 Å². The molecule has 0 bridgehead atoms. The summed E-state index contributed by atoms with van der Waals surface area (Å²) in [6.07, 6.45) is 0. The second kappa shape index (κ2) is 8.10. The summed E-state index contributed by atoms with van der Waals surface area (Å²) in [7, 11) is 0. The number of ether oxygens (including phenoxy) is 3. The molecule has 0 spiro atoms. The summed E-state index contributed by atoms with van der Waals surface area (Å²) >= 11 is 0. The van der Waals surface area contributed by atoms with Gasteiger partial charge < -0.3 is 19.5 Å². The number of hydrogen-bond donors (Lipinski definition) is 1. The van der Waals surface area contributed by atoms with Gasteiger partial charge >= 0.3 is 0 Å². The average molecular weight is 368 g/mol. The Morgan fingerprint density at radius 1 is 1.22 bits per heavy atom. The van der Waals surface area contributed by atoms with Crippen LogP contribution >= 0.6 is 0 Å². The van der Waals surface area contributed by atoms with E-state index in [2.05, 4.69) is 17.2 Å². The van der Waals surface area contributed by atoms with Crippen LogP contribution in [0.25, 0.3) is 0 Å². The predicted octanol–water partition coefficient (Wildman–Crippen LogP) is 2.44. The number of nitrogens with one attached hydrogen (secondary N) is 1. The summed E-state index contributed by atoms with van der Waals surface area (Å²) in [6.45, 7) is 2.06. The van der Waals surface area contributed by atoms with Crippen LogP contribution < -0.4 is 19.5 Å². The lowest BCUT2D eigenvalue weighted by atomic mass is 10.1. The molecular formula is C19H16N2O6. The third-order valence-corrected chi connectivity index (χ3v) is 3.79. The molecule has 0 unspecified atom stereocenters. The van der Waals surface area contributed by atoms with Crippen LogP contribution in [0, 0.1) is 28.9 Å². The molecule has 2 aromatic carbocycles. The molecule has 0 saturated carbocycles. The van der Waals surface area contributed by atoms with Crippen molar-refractivity contribution < 1.29 is 23.9 Å². The smallest absolute Gasteiger partial charge is 0.273 e. The van der Waals surface area contributed by atoms with Gasteiger partial charge in [0.05, 0.1) is 11.5 Å². The Balaban J connectivity index is 1.47. The quantitative estimate of drug-likeness (QED) is 0.494. The van der Waals surface area contributed by atoms with Gasteiger partial charge in [0.2, 0.25) is 6.79 Å². The predicted molar refractivity (Wildman–Crippen MR) is 96.0 cm³/mol. The molecule has 1 heterocycles. The first-order chi connectivity index (χ1) is 13.0. The lowest BCUT2D eigenvalue weighted by Gasteiger charge is -2.04. The third-order valence-electron chi connectivity index (χ3n) is 3.79. The highest BCUT2D eigenvalue weighted by molar-refractivity contribution is 5.95. The minimum Gasteiger partial charge on any atom is -0.481 e. The van der Waals surface area contributed by atoms with Crippen molar-refractivity contribution in [3.8, 4) is 29.1 Å². The largest absolute Gasteiger partial charge is 0.481 e. The molecular weight excluding hydrogens is 352 g/mol. The van der Waals surface area contributed by atoms with Crippen molar-refractivity contribution in [3.63, 3.8) is 0 Å². The average Bonchev–Trinajstić information content (AvgIpc) is 3.12. The number of hydrogen-bond acceptors (Lipinski definition) is 6. The van der Waals surface area contributed by atoms with E-state index in [0.29, 0.717) is 22.8 Å². The number of fused-ring (bicyclic) bond motifs is 1. The maximum absolute atomic E-state index is 12.0. The number of nitro benzene ring substituents is 1. The Labute approximate surface area is 155 Å². The molecule has 2 aromatic rings. The summed E-state index contributed by atoms with van der Waals surface area (Å²) in [5.41, 5.74) is 0.619. The zero-order valence-electron chi connectivity index (χ0n) is 14.5. The van der Waals surface area contributed by atoms with Crippen LogP contribution in [0.3, 0.4) is 0 Å². The van der Waals surface area contributed by atoms with Gasteiger partial charge in [-0.15, -0.1) is 0 Å². The zero-order valence-corrected chi connectivity index (χ0v) is 14.5. The first-order valence-electron chi connectivity index (χ1n) is 8.06. The number of amides is 1. The molecule has 1 N–H and O–H groups in total. The molecule has 0 fully saturated rings. The van der Waals surface area contributed by atoms with Crippen molar-refractivity contribution in [2.75, 3.05) is 19.9 Å². The van der Waals surface area contributed by atoms with Crippen LogP contribution in [0.1, 0.15) is 15.9 Å². The molecule has 1 aliphatic heterocycles. The van der Waals surface area contributed by atoms with E-state index in [1.807, 2.05) is 0 Å². The van der Waals surface area contributed by atoms with Crippen LogP contribution in [0.2, 0.25) is 0 Å². The fourth-order valence-electron chi connectivity index (χ4n) is 2.37. The molecule has 0 saturated heterocycles. The molecule has 1 aliphatic rings. The van der Waals surface area contributed by atoms with Crippen LogP contribution in [-0.4, -0.2) is 30.8 Å². The van der Waals surface area contributed by atoms with Crippen LogP contribution in [0.15, 0.2) is 36.4 Å². The molecule has 138 valence electrons. The van der Waals surface area contributed by atoms with E-state index in [4.69, 9.17) is 14.2 Å². The summed E-state index contributed by atoms with van der Waals surface area (Å²) < 4.78 is 15.9. The van der Waals surface area contributed by atoms with E-state index in [0.717, 1.165) is 0 Å². The van der Waals surface area contributed by atoms with Crippen molar-refractivity contribution in [1.82, 2.24) is 5.32 Å². The number of nitro groups is 1. The van der Waals surface area contributed by atoms with Gasteiger partial charge in [-0.2, -0.15) is 0 Å². The monoisotopic (exact) mass is 368 g/mol. The second-order valence-corrected chi connectivity index (χ2v) is 5.60. The molecule has 0 radical (unpaired) electrons. The molecule has 8 heteroatoms. The maximum Gasteiger partial charge on any atom is 0.273 e. The number of benzene rings is 2. The highest BCUT2D eigenvalue weighted by Crippen LogP contribution is 2.34. The number of nitrogens with zero attached hydrogens (tertiary/aromatic N) is 1. The Morgan fingerprint density at radius 3 is 2.85 bits per heavy atom. The summed E-state index contributed by atoms with van der Waals surface area (Å²) in [6, 6.07) is 9.55. The summed E-state index contributed by atoms with van der Waals surface area (Å²) in [5, 5.41) is 13.5. The number of carbonyl (C=O) groups excluding carboxylic acids is 1. The van der Waals surface area contributed by atoms with E-state index in [1.54, 1.807) is 25.1 Å². The molecule has 27 heavy (non-hydrogen) atoms. The number of rotatable bonds is 5. The minimum atomic E-state index is -0.514. The van der Waals surface area contributed by atoms with Crippen LogP contribution in [0.5, 0.6) is 17.2 Å². The van der Waals surface area contributed by atoms with Gasteiger partial charge in [-0.1, -0.05) is 17.9 Å². The Bertz CT molecular complexity index is 945. The summed E-state index contributed by atoms with van der Waals surface area (Å²) in [5.74, 6) is 7.01. The first kappa shape index (κ1) is 18.1.